The SMILES string of the molecule is Cc1c(F)cc(C(C)CCN)cc1Br. The van der Waals surface area contributed by atoms with Gasteiger partial charge in [0.15, 0.2) is 0 Å². The molecule has 0 aromatic heterocycles. The Bertz CT molecular complexity index is 302. The lowest BCUT2D eigenvalue weighted by Gasteiger charge is -2.12. The highest BCUT2D eigenvalue weighted by molar-refractivity contribution is 9.10. The summed E-state index contributed by atoms with van der Waals surface area (Å²) >= 11 is 3.35. The first-order chi connectivity index (χ1) is 6.56. The van der Waals surface area contributed by atoms with Crippen molar-refractivity contribution in [2.75, 3.05) is 6.54 Å². The summed E-state index contributed by atoms with van der Waals surface area (Å²) in [4.78, 5) is 0. The summed E-state index contributed by atoms with van der Waals surface area (Å²) in [7, 11) is 0. The molecular formula is C11H15BrFN. The first-order valence-electron chi connectivity index (χ1n) is 4.72. The summed E-state index contributed by atoms with van der Waals surface area (Å²) < 4.78 is 14.2. The number of nitrogens with two attached hydrogens (primary N) is 1. The van der Waals surface area contributed by atoms with Crippen molar-refractivity contribution < 1.29 is 4.39 Å². The van der Waals surface area contributed by atoms with Gasteiger partial charge in [-0.2, -0.15) is 0 Å². The van der Waals surface area contributed by atoms with Gasteiger partial charge in [0.1, 0.15) is 5.82 Å². The Balaban J connectivity index is 3.00. The largest absolute Gasteiger partial charge is 0.330 e. The van der Waals surface area contributed by atoms with E-state index in [9.17, 15) is 4.39 Å². The van der Waals surface area contributed by atoms with Crippen LogP contribution in [0.1, 0.15) is 30.4 Å². The van der Waals surface area contributed by atoms with E-state index in [-0.39, 0.29) is 5.82 Å². The van der Waals surface area contributed by atoms with E-state index in [0.29, 0.717) is 18.0 Å². The molecule has 0 saturated heterocycles. The number of benzene rings is 1. The molecule has 0 aliphatic rings. The Morgan fingerprint density at radius 1 is 1.50 bits per heavy atom. The monoisotopic (exact) mass is 259 g/mol. The van der Waals surface area contributed by atoms with Crippen LogP contribution in [0.4, 0.5) is 4.39 Å². The fourth-order valence-corrected chi connectivity index (χ4v) is 1.82. The maximum Gasteiger partial charge on any atom is 0.127 e. The predicted octanol–water partition coefficient (Wildman–Crippen LogP) is 3.35. The van der Waals surface area contributed by atoms with E-state index in [0.717, 1.165) is 16.5 Å². The molecule has 0 heterocycles. The molecule has 1 rings (SSSR count). The normalized spacial score (nSPS) is 12.9. The third-order valence-electron chi connectivity index (χ3n) is 2.47. The Morgan fingerprint density at radius 2 is 2.14 bits per heavy atom. The Kier molecular flexibility index (Phi) is 4.08. The molecule has 1 unspecified atom stereocenters. The van der Waals surface area contributed by atoms with Crippen molar-refractivity contribution in [1.82, 2.24) is 0 Å². The van der Waals surface area contributed by atoms with Crippen LogP contribution in [0, 0.1) is 12.7 Å². The molecule has 0 amide bonds. The van der Waals surface area contributed by atoms with E-state index >= 15 is 0 Å². The van der Waals surface area contributed by atoms with Gasteiger partial charge in [0.25, 0.3) is 0 Å². The minimum Gasteiger partial charge on any atom is -0.330 e. The van der Waals surface area contributed by atoms with Gasteiger partial charge in [-0.1, -0.05) is 22.9 Å². The van der Waals surface area contributed by atoms with Gasteiger partial charge >= 0.3 is 0 Å². The van der Waals surface area contributed by atoms with E-state index in [1.165, 1.54) is 0 Å². The number of hydrogen-bond donors (Lipinski definition) is 1. The van der Waals surface area contributed by atoms with E-state index in [2.05, 4.69) is 22.9 Å². The maximum atomic E-state index is 13.4. The molecule has 2 N–H and O–H groups in total. The van der Waals surface area contributed by atoms with Crippen molar-refractivity contribution in [1.29, 1.82) is 0 Å². The molecule has 0 aliphatic heterocycles. The van der Waals surface area contributed by atoms with Crippen LogP contribution in [0.3, 0.4) is 0 Å². The smallest absolute Gasteiger partial charge is 0.127 e. The average Bonchev–Trinajstić information content (AvgIpc) is 2.13. The lowest BCUT2D eigenvalue weighted by molar-refractivity contribution is 0.607. The summed E-state index contributed by atoms with van der Waals surface area (Å²) in [6.07, 6.45) is 0.884. The van der Waals surface area contributed by atoms with Crippen LogP contribution in [0.5, 0.6) is 0 Å². The molecule has 78 valence electrons. The topological polar surface area (TPSA) is 26.0 Å². The minimum atomic E-state index is -0.154. The zero-order valence-electron chi connectivity index (χ0n) is 8.48. The van der Waals surface area contributed by atoms with Crippen molar-refractivity contribution in [2.24, 2.45) is 5.73 Å². The van der Waals surface area contributed by atoms with Gasteiger partial charge in [0, 0.05) is 4.47 Å². The van der Waals surface area contributed by atoms with Crippen LogP contribution in [-0.4, -0.2) is 6.54 Å². The van der Waals surface area contributed by atoms with Crippen molar-refractivity contribution in [2.45, 2.75) is 26.2 Å². The first-order valence-corrected chi connectivity index (χ1v) is 5.51. The van der Waals surface area contributed by atoms with Crippen molar-refractivity contribution in [3.8, 4) is 0 Å². The summed E-state index contributed by atoms with van der Waals surface area (Å²) in [6, 6.07) is 3.57. The predicted molar refractivity (Wildman–Crippen MR) is 60.9 cm³/mol. The second kappa shape index (κ2) is 4.89. The van der Waals surface area contributed by atoms with Crippen molar-refractivity contribution >= 4 is 15.9 Å². The van der Waals surface area contributed by atoms with E-state index < -0.39 is 0 Å². The highest BCUT2D eigenvalue weighted by Gasteiger charge is 2.09. The van der Waals surface area contributed by atoms with Crippen LogP contribution >= 0.6 is 15.9 Å². The fraction of sp³-hybridized carbons (Fsp3) is 0.455. The molecule has 0 aliphatic carbocycles. The van der Waals surface area contributed by atoms with Crippen LogP contribution < -0.4 is 5.73 Å². The third-order valence-corrected chi connectivity index (χ3v) is 3.30. The molecule has 1 atom stereocenters. The van der Waals surface area contributed by atoms with E-state index in [1.807, 2.05) is 6.07 Å². The lowest BCUT2D eigenvalue weighted by Crippen LogP contribution is -2.05. The summed E-state index contributed by atoms with van der Waals surface area (Å²) in [5.74, 6) is 0.157. The van der Waals surface area contributed by atoms with Gasteiger partial charge in [-0.15, -0.1) is 0 Å². The molecular weight excluding hydrogens is 245 g/mol. The van der Waals surface area contributed by atoms with Crippen LogP contribution in [0.25, 0.3) is 0 Å². The van der Waals surface area contributed by atoms with Gasteiger partial charge in [-0.3, -0.25) is 0 Å². The molecule has 1 nitrogen and oxygen atoms in total. The standard InChI is InChI=1S/C11H15BrFN/c1-7(3-4-14)9-5-10(12)8(2)11(13)6-9/h5-7H,3-4,14H2,1-2H3. The zero-order chi connectivity index (χ0) is 10.7. The second-order valence-corrected chi connectivity index (χ2v) is 4.44. The molecule has 1 aromatic carbocycles. The molecule has 0 fully saturated rings. The number of rotatable bonds is 3. The average molecular weight is 260 g/mol. The highest BCUT2D eigenvalue weighted by Crippen LogP contribution is 2.26. The third kappa shape index (κ3) is 2.55. The van der Waals surface area contributed by atoms with Crippen molar-refractivity contribution in [3.05, 3.63) is 33.5 Å². The molecule has 1 aromatic rings. The molecule has 0 saturated carbocycles. The maximum absolute atomic E-state index is 13.4. The van der Waals surface area contributed by atoms with Gasteiger partial charge in [-0.25, -0.2) is 4.39 Å². The molecule has 0 bridgehead atoms. The minimum absolute atomic E-state index is 0.154. The second-order valence-electron chi connectivity index (χ2n) is 3.59. The van der Waals surface area contributed by atoms with E-state index in [1.54, 1.807) is 13.0 Å². The lowest BCUT2D eigenvalue weighted by atomic mass is 9.97. The summed E-state index contributed by atoms with van der Waals surface area (Å²) in [5, 5.41) is 0. The Morgan fingerprint density at radius 3 is 2.64 bits per heavy atom. The molecule has 0 spiro atoms. The van der Waals surface area contributed by atoms with Gasteiger partial charge in [0.2, 0.25) is 0 Å². The number of halogens is 2. The van der Waals surface area contributed by atoms with Gasteiger partial charge in [0.05, 0.1) is 0 Å². The Labute approximate surface area is 92.6 Å². The quantitative estimate of drug-likeness (QED) is 0.886. The molecule has 0 radical (unpaired) electrons. The molecule has 3 heteroatoms. The highest BCUT2D eigenvalue weighted by atomic mass is 79.9. The van der Waals surface area contributed by atoms with Crippen LogP contribution in [0.15, 0.2) is 16.6 Å². The summed E-state index contributed by atoms with van der Waals surface area (Å²) in [5.41, 5.74) is 7.13. The Hall–Kier alpha value is -0.410. The van der Waals surface area contributed by atoms with Gasteiger partial charge < -0.3 is 5.73 Å². The fourth-order valence-electron chi connectivity index (χ4n) is 1.37. The van der Waals surface area contributed by atoms with Crippen LogP contribution in [0.2, 0.25) is 0 Å². The summed E-state index contributed by atoms with van der Waals surface area (Å²) in [6.45, 7) is 4.45. The zero-order valence-corrected chi connectivity index (χ0v) is 10.1. The molecule has 14 heavy (non-hydrogen) atoms. The van der Waals surface area contributed by atoms with E-state index in [4.69, 9.17) is 5.73 Å². The first kappa shape index (κ1) is 11.7. The van der Waals surface area contributed by atoms with Gasteiger partial charge in [-0.05, 0) is 49.1 Å². The van der Waals surface area contributed by atoms with Crippen LogP contribution in [-0.2, 0) is 0 Å². The van der Waals surface area contributed by atoms with Crippen molar-refractivity contribution in [3.63, 3.8) is 0 Å². The number of hydrogen-bond acceptors (Lipinski definition) is 1.